The van der Waals surface area contributed by atoms with Gasteiger partial charge in [-0.25, -0.2) is 4.98 Å². The maximum absolute atomic E-state index is 12.2. The fourth-order valence-electron chi connectivity index (χ4n) is 3.80. The molecule has 4 aromatic heterocycles. The third-order valence-electron chi connectivity index (χ3n) is 5.17. The maximum Gasteiger partial charge on any atom is 0.258 e. The zero-order valence-electron chi connectivity index (χ0n) is 16.1. The van der Waals surface area contributed by atoms with Gasteiger partial charge in [-0.2, -0.15) is 0 Å². The van der Waals surface area contributed by atoms with Gasteiger partial charge in [0.1, 0.15) is 0 Å². The van der Waals surface area contributed by atoms with Gasteiger partial charge >= 0.3 is 0 Å². The van der Waals surface area contributed by atoms with Gasteiger partial charge in [0, 0.05) is 45.8 Å². The standard InChI is InChI=1S/C20H21N5OS3/c1-2-7-25-18(15-12-28-16-6-4-3-5-14(15)16)22-23-20(25)29-11-13-10-17(26)24-8-9-27-19(24)21-13/h8-10,12H,2-7,11H2,1H3. The van der Waals surface area contributed by atoms with Gasteiger partial charge in [0.25, 0.3) is 5.56 Å². The van der Waals surface area contributed by atoms with Gasteiger partial charge in [-0.1, -0.05) is 18.7 Å². The molecule has 0 bridgehead atoms. The summed E-state index contributed by atoms with van der Waals surface area (Å²) in [6, 6.07) is 1.61. The second-order valence-corrected chi connectivity index (χ2v) is 9.93. The summed E-state index contributed by atoms with van der Waals surface area (Å²) in [6.07, 6.45) is 7.66. The summed E-state index contributed by atoms with van der Waals surface area (Å²) in [6.45, 7) is 3.06. The van der Waals surface area contributed by atoms with Gasteiger partial charge in [-0.15, -0.1) is 32.9 Å². The van der Waals surface area contributed by atoms with E-state index in [2.05, 4.69) is 32.1 Å². The minimum atomic E-state index is -0.0348. The van der Waals surface area contributed by atoms with Crippen LogP contribution < -0.4 is 5.56 Å². The highest BCUT2D eigenvalue weighted by atomic mass is 32.2. The Bertz CT molecular complexity index is 1220. The predicted octanol–water partition coefficient (Wildman–Crippen LogP) is 4.66. The molecular formula is C20H21N5OS3. The van der Waals surface area contributed by atoms with Crippen molar-refractivity contribution < 1.29 is 0 Å². The summed E-state index contributed by atoms with van der Waals surface area (Å²) in [4.78, 5) is 19.1. The summed E-state index contributed by atoms with van der Waals surface area (Å²) >= 11 is 4.94. The Morgan fingerprint density at radius 1 is 1.21 bits per heavy atom. The molecule has 1 aliphatic rings. The van der Waals surface area contributed by atoms with Crippen LogP contribution in [0.15, 0.2) is 33.0 Å². The zero-order valence-corrected chi connectivity index (χ0v) is 18.6. The van der Waals surface area contributed by atoms with E-state index in [1.54, 1.807) is 28.4 Å². The summed E-state index contributed by atoms with van der Waals surface area (Å²) in [5.74, 6) is 1.59. The molecule has 4 aromatic rings. The monoisotopic (exact) mass is 443 g/mol. The first-order valence-electron chi connectivity index (χ1n) is 9.86. The van der Waals surface area contributed by atoms with Gasteiger partial charge in [0.2, 0.25) is 0 Å². The Hall–Kier alpha value is -1.97. The Morgan fingerprint density at radius 2 is 2.10 bits per heavy atom. The van der Waals surface area contributed by atoms with Crippen LogP contribution in [0.4, 0.5) is 0 Å². The molecule has 9 heteroatoms. The summed E-state index contributed by atoms with van der Waals surface area (Å²) in [5, 5.41) is 14.1. The average molecular weight is 444 g/mol. The van der Waals surface area contributed by atoms with E-state index < -0.39 is 0 Å². The molecule has 6 nitrogen and oxygen atoms in total. The van der Waals surface area contributed by atoms with E-state index in [4.69, 9.17) is 0 Å². The van der Waals surface area contributed by atoms with Crippen LogP contribution in [0.25, 0.3) is 16.3 Å². The first-order chi connectivity index (χ1) is 14.2. The average Bonchev–Trinajstić information content (AvgIpc) is 3.45. The van der Waals surface area contributed by atoms with E-state index in [1.807, 2.05) is 16.7 Å². The number of aromatic nitrogens is 5. The lowest BCUT2D eigenvalue weighted by Gasteiger charge is -2.13. The summed E-state index contributed by atoms with van der Waals surface area (Å²) < 4.78 is 3.81. The number of thioether (sulfide) groups is 1. The lowest BCUT2D eigenvalue weighted by molar-refractivity contribution is 0.625. The van der Waals surface area contributed by atoms with Gasteiger partial charge < -0.3 is 4.57 Å². The van der Waals surface area contributed by atoms with Crippen LogP contribution in [0.5, 0.6) is 0 Å². The Kier molecular flexibility index (Phi) is 5.28. The van der Waals surface area contributed by atoms with Gasteiger partial charge in [-0.05, 0) is 37.7 Å². The molecule has 0 atom stereocenters. The first kappa shape index (κ1) is 19.0. The van der Waals surface area contributed by atoms with E-state index in [1.165, 1.54) is 46.6 Å². The van der Waals surface area contributed by atoms with Crippen molar-refractivity contribution in [2.75, 3.05) is 0 Å². The summed E-state index contributed by atoms with van der Waals surface area (Å²) in [5.41, 5.74) is 3.48. The first-order valence-corrected chi connectivity index (χ1v) is 12.6. The van der Waals surface area contributed by atoms with Crippen LogP contribution in [0.3, 0.4) is 0 Å². The molecule has 0 saturated carbocycles. The molecule has 29 heavy (non-hydrogen) atoms. The van der Waals surface area contributed by atoms with E-state index in [9.17, 15) is 4.79 Å². The van der Waals surface area contributed by atoms with Gasteiger partial charge in [0.05, 0.1) is 5.69 Å². The number of nitrogens with zero attached hydrogens (tertiary/aromatic N) is 5. The third kappa shape index (κ3) is 3.55. The molecule has 0 radical (unpaired) electrons. The van der Waals surface area contributed by atoms with Crippen molar-refractivity contribution in [2.45, 2.75) is 56.5 Å². The Labute approximate surface area is 180 Å². The smallest absolute Gasteiger partial charge is 0.258 e. The van der Waals surface area contributed by atoms with Crippen LogP contribution in [0.1, 0.15) is 42.3 Å². The number of hydrogen-bond acceptors (Lipinski definition) is 7. The molecule has 5 rings (SSSR count). The van der Waals surface area contributed by atoms with Crippen LogP contribution >= 0.6 is 34.4 Å². The minimum absolute atomic E-state index is 0.0348. The van der Waals surface area contributed by atoms with Crippen molar-refractivity contribution in [3.05, 3.63) is 49.5 Å². The highest BCUT2D eigenvalue weighted by molar-refractivity contribution is 7.98. The SMILES string of the molecule is CCCn1c(SCc2cc(=O)n3ccsc3n2)nnc1-c1csc2c1CCCC2. The zero-order chi connectivity index (χ0) is 19.8. The molecule has 0 N–H and O–H groups in total. The number of hydrogen-bond donors (Lipinski definition) is 0. The van der Waals surface area contributed by atoms with E-state index in [0.717, 1.165) is 41.0 Å². The lowest BCUT2D eigenvalue weighted by atomic mass is 9.95. The molecule has 0 aromatic carbocycles. The maximum atomic E-state index is 12.2. The molecule has 0 spiro atoms. The van der Waals surface area contributed by atoms with Crippen molar-refractivity contribution in [1.29, 1.82) is 0 Å². The number of aryl methyl sites for hydroxylation is 1. The molecule has 0 unspecified atom stereocenters. The van der Waals surface area contributed by atoms with Crippen molar-refractivity contribution in [2.24, 2.45) is 0 Å². The topological polar surface area (TPSA) is 65.1 Å². The van der Waals surface area contributed by atoms with Crippen LogP contribution in [-0.4, -0.2) is 24.1 Å². The molecular weight excluding hydrogens is 422 g/mol. The van der Waals surface area contributed by atoms with Crippen molar-refractivity contribution >= 4 is 39.4 Å². The van der Waals surface area contributed by atoms with Crippen molar-refractivity contribution in [3.63, 3.8) is 0 Å². The second-order valence-electron chi connectivity index (χ2n) is 7.15. The predicted molar refractivity (Wildman–Crippen MR) is 119 cm³/mol. The highest BCUT2D eigenvalue weighted by Gasteiger charge is 2.22. The number of fused-ring (bicyclic) bond motifs is 2. The van der Waals surface area contributed by atoms with Gasteiger partial charge in [0.15, 0.2) is 15.9 Å². The Balaban J connectivity index is 1.44. The van der Waals surface area contributed by atoms with E-state index in [0.29, 0.717) is 5.75 Å². The normalized spacial score (nSPS) is 13.8. The van der Waals surface area contributed by atoms with Crippen LogP contribution in [0.2, 0.25) is 0 Å². The molecule has 0 amide bonds. The quantitative estimate of drug-likeness (QED) is 0.406. The molecule has 1 aliphatic carbocycles. The third-order valence-corrected chi connectivity index (χ3v) is 8.02. The number of thiazole rings is 1. The summed E-state index contributed by atoms with van der Waals surface area (Å²) in [7, 11) is 0. The second kappa shape index (κ2) is 8.04. The van der Waals surface area contributed by atoms with E-state index in [-0.39, 0.29) is 5.56 Å². The lowest BCUT2D eigenvalue weighted by Crippen LogP contribution is -2.12. The molecule has 150 valence electrons. The molecule has 0 saturated heterocycles. The molecule has 0 aliphatic heterocycles. The Morgan fingerprint density at radius 3 is 3.00 bits per heavy atom. The number of thiophene rings is 1. The highest BCUT2D eigenvalue weighted by Crippen LogP contribution is 2.37. The number of rotatable bonds is 6. The van der Waals surface area contributed by atoms with Crippen molar-refractivity contribution in [3.8, 4) is 11.4 Å². The van der Waals surface area contributed by atoms with E-state index >= 15 is 0 Å². The molecule has 0 fully saturated rings. The van der Waals surface area contributed by atoms with Crippen LogP contribution in [0, 0.1) is 0 Å². The fourth-order valence-corrected chi connectivity index (χ4v) is 6.52. The molecule has 4 heterocycles. The van der Waals surface area contributed by atoms with Gasteiger partial charge in [-0.3, -0.25) is 9.20 Å². The largest absolute Gasteiger partial charge is 0.302 e. The minimum Gasteiger partial charge on any atom is -0.302 e. The van der Waals surface area contributed by atoms with Crippen LogP contribution in [-0.2, 0) is 25.1 Å². The fraction of sp³-hybridized carbons (Fsp3) is 0.400. The van der Waals surface area contributed by atoms with Crippen molar-refractivity contribution in [1.82, 2.24) is 24.1 Å².